The Labute approximate surface area is 72.1 Å². The van der Waals surface area contributed by atoms with Gasteiger partial charge < -0.3 is 4.55 Å². The van der Waals surface area contributed by atoms with E-state index in [4.69, 9.17) is 0 Å². The summed E-state index contributed by atoms with van der Waals surface area (Å²) >= 11 is -1.28. The van der Waals surface area contributed by atoms with Gasteiger partial charge in [0.15, 0.2) is 0 Å². The van der Waals surface area contributed by atoms with E-state index in [1.54, 1.807) is 24.8 Å². The summed E-state index contributed by atoms with van der Waals surface area (Å²) in [6.07, 6.45) is 9.42. The van der Waals surface area contributed by atoms with E-state index in [0.717, 1.165) is 0 Å². The van der Waals surface area contributed by atoms with Crippen LogP contribution in [0.4, 0.5) is 0 Å². The van der Waals surface area contributed by atoms with Crippen molar-refractivity contribution in [1.29, 1.82) is 0 Å². The van der Waals surface area contributed by atoms with Gasteiger partial charge in [-0.1, -0.05) is 0 Å². The summed E-state index contributed by atoms with van der Waals surface area (Å²) in [5, 5.41) is 0. The van der Waals surface area contributed by atoms with Crippen molar-refractivity contribution in [2.75, 3.05) is 0 Å². The van der Waals surface area contributed by atoms with Crippen molar-refractivity contribution in [3.8, 4) is 0 Å². The summed E-state index contributed by atoms with van der Waals surface area (Å²) in [6, 6.07) is 0. The fourth-order valence-corrected chi connectivity index (χ4v) is 1.59. The minimum Gasteiger partial charge on any atom is -0.567 e. The van der Waals surface area contributed by atoms with Crippen molar-refractivity contribution in [3.63, 3.8) is 0 Å². The molecule has 0 atom stereocenters. The van der Waals surface area contributed by atoms with E-state index in [9.17, 15) is 4.55 Å². The Balaban J connectivity index is 2.27. The molecular formula is C6H6N4OS. The Hall–Kier alpha value is -1.27. The molecule has 0 aliphatic carbocycles. The lowest BCUT2D eigenvalue weighted by Gasteiger charge is -2.07. The number of rotatable bonds is 2. The van der Waals surface area contributed by atoms with Crippen molar-refractivity contribution in [2.24, 2.45) is 0 Å². The fourth-order valence-electron chi connectivity index (χ4n) is 0.787. The topological polar surface area (TPSA) is 58.7 Å². The molecule has 0 aromatic carbocycles. The highest BCUT2D eigenvalue weighted by Crippen LogP contribution is 2.00. The maximum Gasteiger partial charge on any atom is 0.208 e. The molecule has 0 spiro atoms. The summed E-state index contributed by atoms with van der Waals surface area (Å²) < 4.78 is 14.5. The van der Waals surface area contributed by atoms with E-state index >= 15 is 0 Å². The molecule has 0 fully saturated rings. The third-order valence-corrected chi connectivity index (χ3v) is 2.47. The predicted octanol–water partition coefficient (Wildman–Crippen LogP) is 0.0547. The molecule has 2 aromatic heterocycles. The summed E-state index contributed by atoms with van der Waals surface area (Å²) in [5.41, 5.74) is 0. The third-order valence-electron chi connectivity index (χ3n) is 1.32. The van der Waals surface area contributed by atoms with Crippen LogP contribution in [0.15, 0.2) is 37.4 Å². The van der Waals surface area contributed by atoms with E-state index in [-0.39, 0.29) is 0 Å². The molecule has 0 saturated carbocycles. The van der Waals surface area contributed by atoms with Crippen molar-refractivity contribution >= 4 is 11.5 Å². The van der Waals surface area contributed by atoms with Crippen LogP contribution < -0.4 is 0 Å². The summed E-state index contributed by atoms with van der Waals surface area (Å²) in [4.78, 5) is 7.58. The largest absolute Gasteiger partial charge is 0.567 e. The van der Waals surface area contributed by atoms with Crippen LogP contribution in [0.1, 0.15) is 0 Å². The first-order valence-electron chi connectivity index (χ1n) is 3.26. The van der Waals surface area contributed by atoms with Crippen LogP contribution in [-0.2, 0) is 11.5 Å². The standard InChI is InChI=1S/C6H6N4OS/c11-12(9-3-1-7-5-9)10-4-2-8-6-10/h1-6H. The number of nitrogens with zero attached hydrogens (tertiary/aromatic N) is 4. The molecule has 12 heavy (non-hydrogen) atoms. The maximum absolute atomic E-state index is 11.5. The van der Waals surface area contributed by atoms with Crippen molar-refractivity contribution in [2.45, 2.75) is 0 Å². The Morgan fingerprint density at radius 2 is 1.50 bits per heavy atom. The molecule has 0 N–H and O–H groups in total. The normalized spacial score (nSPS) is 10.8. The highest BCUT2D eigenvalue weighted by Gasteiger charge is 2.10. The second kappa shape index (κ2) is 3.00. The van der Waals surface area contributed by atoms with E-state index in [2.05, 4.69) is 9.97 Å². The summed E-state index contributed by atoms with van der Waals surface area (Å²) in [6.45, 7) is 0. The molecule has 2 heterocycles. The predicted molar refractivity (Wildman–Crippen MR) is 43.4 cm³/mol. The highest BCUT2D eigenvalue weighted by molar-refractivity contribution is 7.88. The smallest absolute Gasteiger partial charge is 0.208 e. The van der Waals surface area contributed by atoms with E-state index < -0.39 is 11.5 Å². The van der Waals surface area contributed by atoms with Gasteiger partial charge >= 0.3 is 0 Å². The lowest BCUT2D eigenvalue weighted by Crippen LogP contribution is -2.18. The fraction of sp³-hybridized carbons (Fsp3) is 0. The van der Waals surface area contributed by atoms with E-state index in [0.29, 0.717) is 0 Å². The molecular weight excluding hydrogens is 176 g/mol. The van der Waals surface area contributed by atoms with Gasteiger partial charge in [-0.05, 0) is 0 Å². The van der Waals surface area contributed by atoms with Gasteiger partial charge in [-0.2, -0.15) is 0 Å². The third kappa shape index (κ3) is 1.21. The zero-order valence-corrected chi connectivity index (χ0v) is 6.89. The Bertz CT molecular complexity index is 296. The van der Waals surface area contributed by atoms with Crippen LogP contribution in [0, 0.1) is 0 Å². The van der Waals surface area contributed by atoms with Crippen LogP contribution in [0.5, 0.6) is 0 Å². The first-order valence-corrected chi connectivity index (χ1v) is 4.33. The number of hydrogen-bond donors (Lipinski definition) is 0. The van der Waals surface area contributed by atoms with Gasteiger partial charge in [-0.3, -0.25) is 0 Å². The molecule has 62 valence electrons. The second-order valence-corrected chi connectivity index (χ2v) is 3.38. The Morgan fingerprint density at radius 1 is 1.00 bits per heavy atom. The van der Waals surface area contributed by atoms with Gasteiger partial charge in [0.25, 0.3) is 0 Å². The zero-order valence-electron chi connectivity index (χ0n) is 6.07. The minimum absolute atomic E-state index is 1.28. The molecule has 0 aliphatic heterocycles. The Morgan fingerprint density at radius 3 is 1.83 bits per heavy atom. The number of aromatic nitrogens is 4. The number of hydrogen-bond acceptors (Lipinski definition) is 3. The molecule has 2 aromatic rings. The molecule has 0 radical (unpaired) electrons. The molecule has 0 aliphatic rings. The van der Waals surface area contributed by atoms with Crippen molar-refractivity contribution in [1.82, 2.24) is 17.9 Å². The first-order chi connectivity index (χ1) is 5.88. The Kier molecular flexibility index (Phi) is 1.84. The van der Waals surface area contributed by atoms with Crippen LogP contribution in [-0.4, -0.2) is 22.5 Å². The van der Waals surface area contributed by atoms with Crippen molar-refractivity contribution < 1.29 is 4.55 Å². The maximum atomic E-state index is 11.5. The van der Waals surface area contributed by atoms with Crippen LogP contribution in [0.2, 0.25) is 0 Å². The van der Waals surface area contributed by atoms with Crippen molar-refractivity contribution in [3.05, 3.63) is 37.4 Å². The molecule has 2 rings (SSSR count). The minimum atomic E-state index is -1.28. The number of imidazole rings is 2. The molecule has 0 amide bonds. The highest BCUT2D eigenvalue weighted by atomic mass is 32.2. The monoisotopic (exact) mass is 182 g/mol. The summed E-state index contributed by atoms with van der Waals surface area (Å²) in [7, 11) is 0. The van der Waals surface area contributed by atoms with Crippen LogP contribution in [0.3, 0.4) is 0 Å². The second-order valence-electron chi connectivity index (χ2n) is 2.08. The molecule has 6 heteroatoms. The van der Waals surface area contributed by atoms with Crippen LogP contribution >= 0.6 is 0 Å². The molecule has 5 nitrogen and oxygen atoms in total. The summed E-state index contributed by atoms with van der Waals surface area (Å²) in [5.74, 6) is 0. The van der Waals surface area contributed by atoms with Gasteiger partial charge in [0, 0.05) is 12.4 Å². The van der Waals surface area contributed by atoms with Gasteiger partial charge in [0.1, 0.15) is 12.7 Å². The average molecular weight is 182 g/mol. The van der Waals surface area contributed by atoms with Gasteiger partial charge in [-0.15, -0.1) is 7.94 Å². The SMILES string of the molecule is [O-][S+](n1ccnc1)n1ccnc1. The van der Waals surface area contributed by atoms with Gasteiger partial charge in [0.05, 0.1) is 12.4 Å². The van der Waals surface area contributed by atoms with Gasteiger partial charge in [0.2, 0.25) is 11.5 Å². The quantitative estimate of drug-likeness (QED) is 0.617. The van der Waals surface area contributed by atoms with Crippen LogP contribution in [0.25, 0.3) is 0 Å². The van der Waals surface area contributed by atoms with E-state index in [1.807, 2.05) is 0 Å². The zero-order chi connectivity index (χ0) is 8.39. The molecule has 0 unspecified atom stereocenters. The lowest BCUT2D eigenvalue weighted by molar-refractivity contribution is 0.577. The lowest BCUT2D eigenvalue weighted by atomic mass is 11.0. The molecule has 0 saturated heterocycles. The van der Waals surface area contributed by atoms with Gasteiger partial charge in [-0.25, -0.2) is 9.97 Å². The van der Waals surface area contributed by atoms with E-state index in [1.165, 1.54) is 20.6 Å². The average Bonchev–Trinajstić information content (AvgIpc) is 2.77. The first kappa shape index (κ1) is 7.38. The molecule has 0 bridgehead atoms.